The number of benzene rings is 1. The summed E-state index contributed by atoms with van der Waals surface area (Å²) in [5.74, 6) is 0.0459. The van der Waals surface area contributed by atoms with E-state index in [-0.39, 0.29) is 12.4 Å². The van der Waals surface area contributed by atoms with Gasteiger partial charge in [-0.25, -0.2) is 4.39 Å². The number of methoxy groups -OCH3 is 1. The van der Waals surface area contributed by atoms with E-state index in [4.69, 9.17) is 9.84 Å². The van der Waals surface area contributed by atoms with E-state index >= 15 is 0 Å². The minimum Gasteiger partial charge on any atom is -0.494 e. The highest BCUT2D eigenvalue weighted by molar-refractivity contribution is 5.39. The Kier molecular flexibility index (Phi) is 2.82. The van der Waals surface area contributed by atoms with E-state index in [9.17, 15) is 4.39 Å². The summed E-state index contributed by atoms with van der Waals surface area (Å²) >= 11 is 0. The Hall–Kier alpha value is -1.95. The maximum Gasteiger partial charge on any atom is 0.167 e. The predicted molar refractivity (Wildman–Crippen MR) is 53.8 cm³/mol. The molecule has 0 fully saturated rings. The van der Waals surface area contributed by atoms with Crippen molar-refractivity contribution in [3.8, 4) is 11.4 Å². The lowest BCUT2D eigenvalue weighted by atomic mass is 10.3. The Morgan fingerprint density at radius 2 is 2.31 bits per heavy atom. The van der Waals surface area contributed by atoms with Crippen molar-refractivity contribution in [1.82, 2.24) is 14.8 Å². The van der Waals surface area contributed by atoms with E-state index in [0.717, 1.165) is 0 Å². The molecular weight excluding hydrogens is 213 g/mol. The Morgan fingerprint density at radius 1 is 1.50 bits per heavy atom. The standard InChI is InChI=1S/C10H10FN3O2/c1-16-9-3-2-7(4-8(9)11)14-6-12-13-10(14)5-15/h2-4,6,15H,5H2,1H3. The topological polar surface area (TPSA) is 60.2 Å². The summed E-state index contributed by atoms with van der Waals surface area (Å²) in [4.78, 5) is 0. The smallest absolute Gasteiger partial charge is 0.167 e. The zero-order chi connectivity index (χ0) is 11.5. The third-order valence-electron chi connectivity index (χ3n) is 2.17. The summed E-state index contributed by atoms with van der Waals surface area (Å²) in [6.45, 7) is -0.256. The highest BCUT2D eigenvalue weighted by Crippen LogP contribution is 2.20. The molecule has 1 heterocycles. The minimum atomic E-state index is -0.474. The Morgan fingerprint density at radius 3 is 2.94 bits per heavy atom. The molecule has 1 aromatic heterocycles. The van der Waals surface area contributed by atoms with Gasteiger partial charge in [0, 0.05) is 6.07 Å². The minimum absolute atomic E-state index is 0.169. The number of hydrogen-bond acceptors (Lipinski definition) is 4. The van der Waals surface area contributed by atoms with Gasteiger partial charge in [-0.15, -0.1) is 10.2 Å². The summed E-state index contributed by atoms with van der Waals surface area (Å²) in [6, 6.07) is 4.46. The van der Waals surface area contributed by atoms with Crippen LogP contribution in [0.1, 0.15) is 5.82 Å². The van der Waals surface area contributed by atoms with Gasteiger partial charge in [-0.1, -0.05) is 0 Å². The SMILES string of the molecule is COc1ccc(-n2cnnc2CO)cc1F. The average molecular weight is 223 g/mol. The predicted octanol–water partition coefficient (Wildman–Crippen LogP) is 0.907. The van der Waals surface area contributed by atoms with E-state index in [2.05, 4.69) is 10.2 Å². The second-order valence-corrected chi connectivity index (χ2v) is 3.09. The number of nitrogens with zero attached hydrogens (tertiary/aromatic N) is 3. The first-order valence-electron chi connectivity index (χ1n) is 4.60. The van der Waals surface area contributed by atoms with Crippen molar-refractivity contribution in [2.24, 2.45) is 0 Å². The molecule has 84 valence electrons. The van der Waals surface area contributed by atoms with Gasteiger partial charge in [0.2, 0.25) is 0 Å². The van der Waals surface area contributed by atoms with Crippen molar-refractivity contribution < 1.29 is 14.2 Å². The van der Waals surface area contributed by atoms with E-state index in [1.807, 2.05) is 0 Å². The van der Waals surface area contributed by atoms with Crippen molar-refractivity contribution in [3.05, 3.63) is 36.2 Å². The molecular formula is C10H10FN3O2. The molecule has 6 heteroatoms. The van der Waals surface area contributed by atoms with Gasteiger partial charge in [0.15, 0.2) is 17.4 Å². The lowest BCUT2D eigenvalue weighted by Crippen LogP contribution is -2.01. The van der Waals surface area contributed by atoms with Crippen LogP contribution in [0, 0.1) is 5.82 Å². The fourth-order valence-electron chi connectivity index (χ4n) is 1.39. The number of aliphatic hydroxyl groups excluding tert-OH is 1. The molecule has 0 amide bonds. The maximum atomic E-state index is 13.4. The fourth-order valence-corrected chi connectivity index (χ4v) is 1.39. The van der Waals surface area contributed by atoms with Gasteiger partial charge in [0.1, 0.15) is 12.9 Å². The Balaban J connectivity index is 2.45. The normalized spacial score (nSPS) is 10.4. The maximum absolute atomic E-state index is 13.4. The molecule has 0 saturated heterocycles. The van der Waals surface area contributed by atoms with Gasteiger partial charge in [-0.05, 0) is 12.1 Å². The second kappa shape index (κ2) is 4.28. The largest absolute Gasteiger partial charge is 0.494 e. The quantitative estimate of drug-likeness (QED) is 0.840. The molecule has 0 bridgehead atoms. The van der Waals surface area contributed by atoms with E-state index in [0.29, 0.717) is 11.5 Å². The van der Waals surface area contributed by atoms with Crippen LogP contribution in [0.4, 0.5) is 4.39 Å². The van der Waals surface area contributed by atoms with Gasteiger partial charge in [-0.3, -0.25) is 4.57 Å². The summed E-state index contributed by atoms with van der Waals surface area (Å²) < 4.78 is 19.7. The third-order valence-corrected chi connectivity index (χ3v) is 2.17. The van der Waals surface area contributed by atoms with Crippen LogP contribution in [0.2, 0.25) is 0 Å². The molecule has 1 aromatic carbocycles. The first-order chi connectivity index (χ1) is 7.76. The molecule has 0 radical (unpaired) electrons. The first-order valence-corrected chi connectivity index (χ1v) is 4.60. The molecule has 0 aliphatic heterocycles. The van der Waals surface area contributed by atoms with Crippen LogP contribution in [0.3, 0.4) is 0 Å². The molecule has 0 aliphatic rings. The molecule has 0 spiro atoms. The monoisotopic (exact) mass is 223 g/mol. The number of halogens is 1. The zero-order valence-corrected chi connectivity index (χ0v) is 8.59. The molecule has 1 N–H and O–H groups in total. The van der Waals surface area contributed by atoms with E-state index < -0.39 is 5.82 Å². The summed E-state index contributed by atoms with van der Waals surface area (Å²) in [6.07, 6.45) is 1.41. The van der Waals surface area contributed by atoms with Crippen LogP contribution >= 0.6 is 0 Å². The van der Waals surface area contributed by atoms with Gasteiger partial charge < -0.3 is 9.84 Å². The number of hydrogen-bond donors (Lipinski definition) is 1. The summed E-state index contributed by atoms with van der Waals surface area (Å²) in [5.41, 5.74) is 0.535. The average Bonchev–Trinajstić information content (AvgIpc) is 2.77. The summed E-state index contributed by atoms with van der Waals surface area (Å²) in [7, 11) is 1.40. The molecule has 2 aromatic rings. The molecule has 0 unspecified atom stereocenters. The lowest BCUT2D eigenvalue weighted by molar-refractivity contribution is 0.269. The third kappa shape index (κ3) is 1.74. The van der Waals surface area contributed by atoms with Gasteiger partial charge in [0.25, 0.3) is 0 Å². The van der Waals surface area contributed by atoms with Gasteiger partial charge >= 0.3 is 0 Å². The Labute approximate surface area is 91.1 Å². The van der Waals surface area contributed by atoms with Gasteiger partial charge in [0.05, 0.1) is 12.8 Å². The molecule has 0 atom stereocenters. The van der Waals surface area contributed by atoms with Crippen molar-refractivity contribution in [2.45, 2.75) is 6.61 Å². The van der Waals surface area contributed by atoms with Crippen molar-refractivity contribution in [3.63, 3.8) is 0 Å². The molecule has 0 saturated carbocycles. The van der Waals surface area contributed by atoms with Crippen molar-refractivity contribution in [2.75, 3.05) is 7.11 Å². The fraction of sp³-hybridized carbons (Fsp3) is 0.200. The van der Waals surface area contributed by atoms with Crippen LogP contribution in [0.25, 0.3) is 5.69 Å². The molecule has 16 heavy (non-hydrogen) atoms. The zero-order valence-electron chi connectivity index (χ0n) is 8.59. The second-order valence-electron chi connectivity index (χ2n) is 3.09. The molecule has 5 nitrogen and oxygen atoms in total. The highest BCUT2D eigenvalue weighted by Gasteiger charge is 2.08. The first kappa shape index (κ1) is 10.6. The number of rotatable bonds is 3. The highest BCUT2D eigenvalue weighted by atomic mass is 19.1. The summed E-state index contributed by atoms with van der Waals surface area (Å²) in [5, 5.41) is 16.3. The van der Waals surface area contributed by atoms with Crippen LogP contribution in [0.5, 0.6) is 5.75 Å². The van der Waals surface area contributed by atoms with Crippen molar-refractivity contribution >= 4 is 0 Å². The lowest BCUT2D eigenvalue weighted by Gasteiger charge is -2.07. The Bertz CT molecular complexity index is 499. The number of ether oxygens (including phenoxy) is 1. The molecule has 0 aliphatic carbocycles. The van der Waals surface area contributed by atoms with E-state index in [1.165, 1.54) is 30.1 Å². The van der Waals surface area contributed by atoms with Crippen molar-refractivity contribution in [1.29, 1.82) is 0 Å². The number of aliphatic hydroxyl groups is 1. The van der Waals surface area contributed by atoms with Crippen LogP contribution in [-0.4, -0.2) is 27.0 Å². The number of aromatic nitrogens is 3. The molecule has 2 rings (SSSR count). The van der Waals surface area contributed by atoms with Crippen LogP contribution in [0.15, 0.2) is 24.5 Å². The van der Waals surface area contributed by atoms with Gasteiger partial charge in [-0.2, -0.15) is 0 Å². The van der Waals surface area contributed by atoms with Crippen LogP contribution in [-0.2, 0) is 6.61 Å². The van der Waals surface area contributed by atoms with E-state index in [1.54, 1.807) is 6.07 Å². The van der Waals surface area contributed by atoms with Crippen LogP contribution < -0.4 is 4.74 Å².